The van der Waals surface area contributed by atoms with Gasteiger partial charge in [0.1, 0.15) is 16.8 Å². The van der Waals surface area contributed by atoms with Gasteiger partial charge in [0.05, 0.1) is 6.61 Å². The molecular weight excluding hydrogens is 250 g/mol. The molecule has 0 aliphatic heterocycles. The van der Waals surface area contributed by atoms with Crippen LogP contribution in [0.5, 0.6) is 0 Å². The van der Waals surface area contributed by atoms with Gasteiger partial charge in [0.2, 0.25) is 0 Å². The van der Waals surface area contributed by atoms with Gasteiger partial charge in [-0.25, -0.2) is 9.97 Å². The molecule has 5 heteroatoms. The van der Waals surface area contributed by atoms with Crippen LogP contribution in [0.25, 0.3) is 0 Å². The van der Waals surface area contributed by atoms with Gasteiger partial charge in [-0.15, -0.1) is 0 Å². The smallest absolute Gasteiger partial charge is 0.137 e. The maximum Gasteiger partial charge on any atom is 0.137 e. The number of anilines is 1. The average Bonchev–Trinajstić information content (AvgIpc) is 2.84. The summed E-state index contributed by atoms with van der Waals surface area (Å²) in [6.07, 6.45) is 4.84. The molecule has 2 rings (SSSR count). The Morgan fingerprint density at radius 2 is 1.94 bits per heavy atom. The number of rotatable bonds is 4. The van der Waals surface area contributed by atoms with Gasteiger partial charge in [-0.1, -0.05) is 24.4 Å². The van der Waals surface area contributed by atoms with Gasteiger partial charge in [0, 0.05) is 18.2 Å². The summed E-state index contributed by atoms with van der Waals surface area (Å²) in [5, 5.41) is 9.78. The Hall–Kier alpha value is -0.870. The summed E-state index contributed by atoms with van der Waals surface area (Å²) in [6.45, 7) is 4.53. The summed E-state index contributed by atoms with van der Waals surface area (Å²) in [6, 6.07) is 0.473. The van der Waals surface area contributed by atoms with Crippen LogP contribution < -0.4 is 4.90 Å². The summed E-state index contributed by atoms with van der Waals surface area (Å²) < 4.78 is 0. The molecule has 1 N–H and O–H groups in total. The molecule has 1 heterocycles. The molecule has 1 aromatic rings. The fourth-order valence-corrected chi connectivity index (χ4v) is 2.85. The SMILES string of the molecule is Cc1nc(Cl)c(C)c(N(CCO)C2CCCC2)n1. The Balaban J connectivity index is 2.35. The molecule has 4 nitrogen and oxygen atoms in total. The van der Waals surface area contributed by atoms with Crippen molar-refractivity contribution < 1.29 is 5.11 Å². The molecule has 100 valence electrons. The van der Waals surface area contributed by atoms with Crippen LogP contribution >= 0.6 is 11.6 Å². The fourth-order valence-electron chi connectivity index (χ4n) is 2.64. The second kappa shape index (κ2) is 5.85. The van der Waals surface area contributed by atoms with Gasteiger partial charge in [0.15, 0.2) is 0 Å². The molecule has 0 bridgehead atoms. The van der Waals surface area contributed by atoms with Gasteiger partial charge in [-0.2, -0.15) is 0 Å². The number of nitrogens with zero attached hydrogens (tertiary/aromatic N) is 3. The number of aliphatic hydroxyl groups excluding tert-OH is 1. The molecule has 1 fully saturated rings. The lowest BCUT2D eigenvalue weighted by atomic mass is 10.2. The van der Waals surface area contributed by atoms with E-state index in [9.17, 15) is 5.11 Å². The van der Waals surface area contributed by atoms with Crippen molar-refractivity contribution in [1.82, 2.24) is 9.97 Å². The predicted molar refractivity (Wildman–Crippen MR) is 73.2 cm³/mol. The lowest BCUT2D eigenvalue weighted by molar-refractivity contribution is 0.296. The third-order valence-corrected chi connectivity index (χ3v) is 3.92. The van der Waals surface area contributed by atoms with E-state index in [0.29, 0.717) is 23.6 Å². The molecule has 0 radical (unpaired) electrons. The first kappa shape index (κ1) is 13.6. The Morgan fingerprint density at radius 1 is 1.28 bits per heavy atom. The zero-order valence-electron chi connectivity index (χ0n) is 11.0. The second-order valence-corrected chi connectivity index (χ2v) is 5.22. The molecular formula is C13H20ClN3O. The van der Waals surface area contributed by atoms with Crippen molar-refractivity contribution in [2.75, 3.05) is 18.1 Å². The zero-order chi connectivity index (χ0) is 13.1. The van der Waals surface area contributed by atoms with E-state index in [1.807, 2.05) is 13.8 Å². The molecule has 0 aromatic carbocycles. The van der Waals surface area contributed by atoms with Crippen molar-refractivity contribution >= 4 is 17.4 Å². The van der Waals surface area contributed by atoms with E-state index in [2.05, 4.69) is 14.9 Å². The maximum atomic E-state index is 9.27. The largest absolute Gasteiger partial charge is 0.395 e. The normalized spacial score (nSPS) is 16.2. The number of hydrogen-bond acceptors (Lipinski definition) is 4. The summed E-state index contributed by atoms with van der Waals surface area (Å²) in [7, 11) is 0. The van der Waals surface area contributed by atoms with E-state index in [1.54, 1.807) is 0 Å². The van der Waals surface area contributed by atoms with Crippen LogP contribution in [0.3, 0.4) is 0 Å². The average molecular weight is 270 g/mol. The van der Waals surface area contributed by atoms with E-state index in [1.165, 1.54) is 25.7 Å². The molecule has 0 saturated heterocycles. The topological polar surface area (TPSA) is 49.2 Å². The third-order valence-electron chi connectivity index (χ3n) is 3.55. The van der Waals surface area contributed by atoms with Gasteiger partial charge >= 0.3 is 0 Å². The summed E-state index contributed by atoms with van der Waals surface area (Å²) in [4.78, 5) is 10.9. The molecule has 0 spiro atoms. The lowest BCUT2D eigenvalue weighted by Crippen LogP contribution is -2.37. The van der Waals surface area contributed by atoms with Crippen LogP contribution in [0.4, 0.5) is 5.82 Å². The first-order valence-corrected chi connectivity index (χ1v) is 6.89. The van der Waals surface area contributed by atoms with Crippen LogP contribution in [0.1, 0.15) is 37.1 Å². The van der Waals surface area contributed by atoms with Crippen LogP contribution in [0, 0.1) is 13.8 Å². The Bertz CT molecular complexity index is 419. The number of halogens is 1. The monoisotopic (exact) mass is 269 g/mol. The van der Waals surface area contributed by atoms with Crippen molar-refractivity contribution in [3.8, 4) is 0 Å². The fraction of sp³-hybridized carbons (Fsp3) is 0.692. The molecule has 1 saturated carbocycles. The van der Waals surface area contributed by atoms with Gasteiger partial charge < -0.3 is 10.0 Å². The van der Waals surface area contributed by atoms with E-state index in [0.717, 1.165) is 11.4 Å². The zero-order valence-corrected chi connectivity index (χ0v) is 11.7. The van der Waals surface area contributed by atoms with Crippen molar-refractivity contribution in [1.29, 1.82) is 0 Å². The molecule has 1 aliphatic rings. The first-order chi connectivity index (χ1) is 8.63. The highest BCUT2D eigenvalue weighted by Crippen LogP contribution is 2.30. The minimum Gasteiger partial charge on any atom is -0.395 e. The van der Waals surface area contributed by atoms with E-state index >= 15 is 0 Å². The molecule has 0 amide bonds. The Labute approximate surface area is 113 Å². The Morgan fingerprint density at radius 3 is 2.56 bits per heavy atom. The minimum atomic E-state index is 0.136. The van der Waals surface area contributed by atoms with Crippen molar-refractivity contribution in [3.63, 3.8) is 0 Å². The number of hydrogen-bond donors (Lipinski definition) is 1. The van der Waals surface area contributed by atoms with Gasteiger partial charge in [0.25, 0.3) is 0 Å². The molecule has 0 unspecified atom stereocenters. The highest BCUT2D eigenvalue weighted by Gasteiger charge is 2.25. The van der Waals surface area contributed by atoms with Crippen LogP contribution in [0.2, 0.25) is 5.15 Å². The van der Waals surface area contributed by atoms with Crippen molar-refractivity contribution in [2.45, 2.75) is 45.6 Å². The highest BCUT2D eigenvalue weighted by atomic mass is 35.5. The Kier molecular flexibility index (Phi) is 4.40. The number of aliphatic hydroxyl groups is 1. The van der Waals surface area contributed by atoms with Gasteiger partial charge in [-0.3, -0.25) is 0 Å². The predicted octanol–water partition coefficient (Wildman–Crippen LogP) is 2.49. The van der Waals surface area contributed by atoms with E-state index in [4.69, 9.17) is 11.6 Å². The summed E-state index contributed by atoms with van der Waals surface area (Å²) in [5.74, 6) is 1.56. The standard InChI is InChI=1S/C13H20ClN3O/c1-9-12(14)15-10(2)16-13(9)17(7-8-18)11-5-3-4-6-11/h11,18H,3-8H2,1-2H3. The molecule has 18 heavy (non-hydrogen) atoms. The van der Waals surface area contributed by atoms with E-state index < -0.39 is 0 Å². The lowest BCUT2D eigenvalue weighted by Gasteiger charge is -2.31. The summed E-state index contributed by atoms with van der Waals surface area (Å²) in [5.41, 5.74) is 0.905. The van der Waals surface area contributed by atoms with Crippen molar-refractivity contribution in [3.05, 3.63) is 16.5 Å². The molecule has 0 atom stereocenters. The van der Waals surface area contributed by atoms with Gasteiger partial charge in [-0.05, 0) is 26.7 Å². The number of aryl methyl sites for hydroxylation is 1. The third kappa shape index (κ3) is 2.75. The van der Waals surface area contributed by atoms with Crippen molar-refractivity contribution in [2.24, 2.45) is 0 Å². The van der Waals surface area contributed by atoms with E-state index in [-0.39, 0.29) is 6.61 Å². The minimum absolute atomic E-state index is 0.136. The first-order valence-electron chi connectivity index (χ1n) is 6.51. The maximum absolute atomic E-state index is 9.27. The molecule has 1 aliphatic carbocycles. The van der Waals surface area contributed by atoms with Crippen LogP contribution in [-0.2, 0) is 0 Å². The highest BCUT2D eigenvalue weighted by molar-refractivity contribution is 6.30. The quantitative estimate of drug-likeness (QED) is 0.854. The number of aromatic nitrogens is 2. The van der Waals surface area contributed by atoms with Crippen LogP contribution in [0.15, 0.2) is 0 Å². The van der Waals surface area contributed by atoms with Crippen LogP contribution in [-0.4, -0.2) is 34.3 Å². The summed E-state index contributed by atoms with van der Waals surface area (Å²) >= 11 is 6.13. The molecule has 1 aromatic heterocycles. The second-order valence-electron chi connectivity index (χ2n) is 4.87.